The minimum atomic E-state index is -1.86. The fraction of sp³-hybridized carbons (Fsp3) is 0.588. The van der Waals surface area contributed by atoms with Gasteiger partial charge in [0, 0.05) is 6.20 Å². The highest BCUT2D eigenvalue weighted by Gasteiger charge is 2.40. The molecule has 0 radical (unpaired) electrons. The minimum Gasteiger partial charge on any atom is -0.410 e. The van der Waals surface area contributed by atoms with Crippen molar-refractivity contribution in [2.24, 2.45) is 0 Å². The van der Waals surface area contributed by atoms with E-state index in [0.717, 1.165) is 6.42 Å². The van der Waals surface area contributed by atoms with E-state index < -0.39 is 8.32 Å². The van der Waals surface area contributed by atoms with Crippen molar-refractivity contribution >= 4 is 20.5 Å². The summed E-state index contributed by atoms with van der Waals surface area (Å²) in [6, 6.07) is 5.65. The molecule has 1 aromatic rings. The van der Waals surface area contributed by atoms with Gasteiger partial charge in [-0.05, 0) is 43.6 Å². The van der Waals surface area contributed by atoms with Crippen LogP contribution in [0.2, 0.25) is 18.1 Å². The van der Waals surface area contributed by atoms with E-state index in [0.29, 0.717) is 4.64 Å². The van der Waals surface area contributed by atoms with Crippen LogP contribution in [0.5, 0.6) is 0 Å². The lowest BCUT2D eigenvalue weighted by Gasteiger charge is -2.40. The molecule has 0 aliphatic carbocycles. The van der Waals surface area contributed by atoms with E-state index in [2.05, 4.69) is 40.4 Å². The first-order chi connectivity index (χ1) is 10.1. The molecule has 0 aliphatic rings. The zero-order valence-corrected chi connectivity index (χ0v) is 16.4. The average molecular weight is 340 g/mol. The van der Waals surface area contributed by atoms with Crippen LogP contribution in [-0.2, 0) is 4.43 Å². The maximum atomic E-state index is 6.51. The molecule has 1 heterocycles. The summed E-state index contributed by atoms with van der Waals surface area (Å²) in [7, 11) is -1.86. The normalized spacial score (nSPS) is 15.2. The monoisotopic (exact) mass is 339 g/mol. The van der Waals surface area contributed by atoms with Gasteiger partial charge in [-0.1, -0.05) is 45.1 Å². The molecule has 0 aromatic carbocycles. The molecular formula is C17H29NO2SSi. The zero-order chi connectivity index (χ0) is 17.0. The van der Waals surface area contributed by atoms with Crippen molar-refractivity contribution in [1.82, 2.24) is 4.73 Å². The Morgan fingerprint density at radius 3 is 2.50 bits per heavy atom. The van der Waals surface area contributed by atoms with Crippen molar-refractivity contribution in [1.29, 1.82) is 0 Å². The molecule has 124 valence electrons. The van der Waals surface area contributed by atoms with Gasteiger partial charge in [-0.3, -0.25) is 0 Å². The summed E-state index contributed by atoms with van der Waals surface area (Å²) in [6.45, 7) is 17.1. The van der Waals surface area contributed by atoms with Crippen molar-refractivity contribution in [2.45, 2.75) is 64.5 Å². The maximum Gasteiger partial charge on any atom is 0.192 e. The Morgan fingerprint density at radius 2 is 2.00 bits per heavy atom. The average Bonchev–Trinajstić information content (AvgIpc) is 2.39. The lowest BCUT2D eigenvalue weighted by molar-refractivity contribution is -0.0292. The minimum absolute atomic E-state index is 0.0273. The van der Waals surface area contributed by atoms with Gasteiger partial charge >= 0.3 is 0 Å². The Balaban J connectivity index is 2.89. The van der Waals surface area contributed by atoms with Crippen LogP contribution < -0.4 is 4.84 Å². The van der Waals surface area contributed by atoms with Crippen LogP contribution in [0.15, 0.2) is 37.1 Å². The summed E-state index contributed by atoms with van der Waals surface area (Å²) in [6.07, 6.45) is 4.34. The lowest BCUT2D eigenvalue weighted by Crippen LogP contribution is -2.48. The van der Waals surface area contributed by atoms with Crippen LogP contribution >= 0.6 is 12.2 Å². The molecule has 2 atom stereocenters. The number of hydrogen-bond donors (Lipinski definition) is 0. The molecule has 0 saturated heterocycles. The van der Waals surface area contributed by atoms with Gasteiger partial charge in [0.05, 0.1) is 6.10 Å². The summed E-state index contributed by atoms with van der Waals surface area (Å²) < 4.78 is 8.79. The highest BCUT2D eigenvalue weighted by molar-refractivity contribution is 7.71. The van der Waals surface area contributed by atoms with Gasteiger partial charge in [0.2, 0.25) is 0 Å². The summed E-state index contributed by atoms with van der Waals surface area (Å²) in [5, 5.41) is 0.162. The van der Waals surface area contributed by atoms with Gasteiger partial charge in [-0.25, -0.2) is 0 Å². The molecule has 1 rings (SSSR count). The highest BCUT2D eigenvalue weighted by atomic mass is 32.1. The first-order valence-corrected chi connectivity index (χ1v) is 11.0. The lowest BCUT2D eigenvalue weighted by atomic mass is 10.2. The van der Waals surface area contributed by atoms with E-state index in [9.17, 15) is 0 Å². The van der Waals surface area contributed by atoms with Gasteiger partial charge in [-0.15, -0.1) is 6.58 Å². The first-order valence-electron chi connectivity index (χ1n) is 7.72. The third-order valence-electron chi connectivity index (χ3n) is 4.24. The second-order valence-corrected chi connectivity index (χ2v) is 12.3. The Hall–Kier alpha value is -0.913. The van der Waals surface area contributed by atoms with Crippen molar-refractivity contribution in [3.05, 3.63) is 41.7 Å². The van der Waals surface area contributed by atoms with E-state index in [1.807, 2.05) is 37.4 Å². The van der Waals surface area contributed by atoms with E-state index in [1.165, 1.54) is 0 Å². The summed E-state index contributed by atoms with van der Waals surface area (Å²) in [5.41, 5.74) is 0. The molecule has 1 aromatic heterocycles. The molecule has 22 heavy (non-hydrogen) atoms. The largest absolute Gasteiger partial charge is 0.410 e. The third-order valence-corrected chi connectivity index (χ3v) is 9.06. The molecule has 0 unspecified atom stereocenters. The molecule has 0 N–H and O–H groups in total. The molecular weight excluding hydrogens is 310 g/mol. The molecule has 3 nitrogen and oxygen atoms in total. The summed E-state index contributed by atoms with van der Waals surface area (Å²) in [4.78, 5) is 5.98. The van der Waals surface area contributed by atoms with Gasteiger partial charge in [0.25, 0.3) is 0 Å². The van der Waals surface area contributed by atoms with Crippen LogP contribution in [0.1, 0.15) is 34.1 Å². The second kappa shape index (κ2) is 7.57. The number of hydrogen-bond acceptors (Lipinski definition) is 3. The van der Waals surface area contributed by atoms with Gasteiger partial charge in [0.1, 0.15) is 10.7 Å². The highest BCUT2D eigenvalue weighted by Crippen LogP contribution is 2.38. The first kappa shape index (κ1) is 19.1. The van der Waals surface area contributed by atoms with E-state index in [1.54, 1.807) is 4.73 Å². The molecule has 0 fully saturated rings. The zero-order valence-electron chi connectivity index (χ0n) is 14.6. The van der Waals surface area contributed by atoms with Crippen LogP contribution in [0.4, 0.5) is 0 Å². The van der Waals surface area contributed by atoms with Crippen LogP contribution in [0.3, 0.4) is 0 Å². The second-order valence-electron chi connectivity index (χ2n) is 7.12. The van der Waals surface area contributed by atoms with Crippen molar-refractivity contribution in [3.8, 4) is 0 Å². The Kier molecular flexibility index (Phi) is 6.59. The van der Waals surface area contributed by atoms with Crippen molar-refractivity contribution in [2.75, 3.05) is 0 Å². The fourth-order valence-corrected chi connectivity index (χ4v) is 3.38. The number of nitrogens with zero attached hydrogens (tertiary/aromatic N) is 1. The molecule has 0 spiro atoms. The van der Waals surface area contributed by atoms with Gasteiger partial charge in [-0.2, -0.15) is 4.73 Å². The third kappa shape index (κ3) is 5.07. The van der Waals surface area contributed by atoms with Crippen molar-refractivity contribution < 1.29 is 9.26 Å². The van der Waals surface area contributed by atoms with Crippen LogP contribution in [-0.4, -0.2) is 25.3 Å². The molecule has 0 bridgehead atoms. The van der Waals surface area contributed by atoms with E-state index in [4.69, 9.17) is 21.5 Å². The Labute approximate surface area is 141 Å². The summed E-state index contributed by atoms with van der Waals surface area (Å²) >= 11 is 5.28. The number of rotatable bonds is 7. The SMILES string of the molecule is C=CC[C@H](O[Si](C)(C)C(C)(C)C)[C@@H](C)On1ccccc1=S. The number of pyridine rings is 1. The van der Waals surface area contributed by atoms with Gasteiger partial charge < -0.3 is 9.26 Å². The summed E-state index contributed by atoms with van der Waals surface area (Å²) in [5.74, 6) is 0. The van der Waals surface area contributed by atoms with Crippen LogP contribution in [0, 0.1) is 4.64 Å². The van der Waals surface area contributed by atoms with E-state index >= 15 is 0 Å². The molecule has 0 aliphatic heterocycles. The van der Waals surface area contributed by atoms with Gasteiger partial charge in [0.15, 0.2) is 8.32 Å². The molecule has 0 amide bonds. The van der Waals surface area contributed by atoms with E-state index in [-0.39, 0.29) is 17.2 Å². The van der Waals surface area contributed by atoms with Crippen LogP contribution in [0.25, 0.3) is 0 Å². The Bertz CT molecular complexity index is 548. The molecule has 5 heteroatoms. The smallest absolute Gasteiger partial charge is 0.192 e. The quantitative estimate of drug-likeness (QED) is 0.397. The predicted molar refractivity (Wildman–Crippen MR) is 98.2 cm³/mol. The predicted octanol–water partition coefficient (Wildman–Crippen LogP) is 5.00. The standard InChI is InChI=1S/C17H29NO2SSi/c1-8-11-15(20-22(6,7)17(3,4)5)14(2)19-18-13-10-9-12-16(18)21/h8-10,12-15H,1,11H2,2-7H3/t14-,15+/m1/s1. The topological polar surface area (TPSA) is 23.4 Å². The van der Waals surface area contributed by atoms with Crippen molar-refractivity contribution in [3.63, 3.8) is 0 Å². The maximum absolute atomic E-state index is 6.51. The number of aromatic nitrogens is 1. The molecule has 0 saturated carbocycles. The fourth-order valence-electron chi connectivity index (χ4n) is 1.80. The Morgan fingerprint density at radius 1 is 1.36 bits per heavy atom.